The molecule has 2 aromatic rings. The van der Waals surface area contributed by atoms with Gasteiger partial charge in [0.25, 0.3) is 0 Å². The van der Waals surface area contributed by atoms with E-state index in [4.69, 9.17) is 5.73 Å². The lowest BCUT2D eigenvalue weighted by atomic mass is 10.3. The van der Waals surface area contributed by atoms with E-state index in [-0.39, 0.29) is 17.3 Å². The molecule has 0 saturated carbocycles. The summed E-state index contributed by atoms with van der Waals surface area (Å²) in [6.45, 7) is 0.463. The highest BCUT2D eigenvalue weighted by atomic mass is 16.6. The molecule has 0 amide bonds. The molecule has 2 heterocycles. The van der Waals surface area contributed by atoms with Crippen LogP contribution in [0.4, 0.5) is 17.3 Å². The fourth-order valence-electron chi connectivity index (χ4n) is 1.78. The van der Waals surface area contributed by atoms with Gasteiger partial charge >= 0.3 is 5.69 Å². The van der Waals surface area contributed by atoms with Crippen LogP contribution in [0.2, 0.25) is 0 Å². The topological polar surface area (TPSA) is 103 Å². The Hall–Kier alpha value is -2.64. The number of aromatic nitrogens is 3. The average Bonchev–Trinajstić information content (AvgIpc) is 2.74. The number of rotatable bonds is 4. The second kappa shape index (κ2) is 4.92. The number of nitrogens with zero attached hydrogens (tertiary/aromatic N) is 5. The number of anilines is 2. The van der Waals surface area contributed by atoms with Crippen molar-refractivity contribution in [1.82, 2.24) is 14.8 Å². The van der Waals surface area contributed by atoms with Gasteiger partial charge in [0.15, 0.2) is 0 Å². The predicted octanol–water partition coefficient (Wildman–Crippen LogP) is 0.942. The van der Waals surface area contributed by atoms with Crippen LogP contribution in [0.15, 0.2) is 24.5 Å². The summed E-state index contributed by atoms with van der Waals surface area (Å²) in [6.07, 6.45) is 3.54. The SMILES string of the molecule is CN(Cc1cnn(C)c1)c1nc(N)ccc1[N+](=O)[O-]. The average molecular weight is 262 g/mol. The van der Waals surface area contributed by atoms with E-state index in [1.54, 1.807) is 22.8 Å². The second-order valence-corrected chi connectivity index (χ2v) is 4.21. The molecule has 0 aliphatic rings. The minimum atomic E-state index is -0.471. The molecule has 0 fully saturated rings. The number of pyridine rings is 1. The maximum Gasteiger partial charge on any atom is 0.311 e. The summed E-state index contributed by atoms with van der Waals surface area (Å²) >= 11 is 0. The summed E-state index contributed by atoms with van der Waals surface area (Å²) in [5.74, 6) is 0.493. The lowest BCUT2D eigenvalue weighted by Gasteiger charge is -2.17. The molecule has 8 heteroatoms. The van der Waals surface area contributed by atoms with Gasteiger partial charge in [-0.05, 0) is 6.07 Å². The molecule has 0 bridgehead atoms. The van der Waals surface area contributed by atoms with Crippen molar-refractivity contribution in [3.05, 3.63) is 40.2 Å². The fourth-order valence-corrected chi connectivity index (χ4v) is 1.78. The number of nitrogens with two attached hydrogens (primary N) is 1. The van der Waals surface area contributed by atoms with Gasteiger partial charge in [0.05, 0.1) is 11.1 Å². The minimum Gasteiger partial charge on any atom is -0.384 e. The van der Waals surface area contributed by atoms with Gasteiger partial charge in [0, 0.05) is 38.5 Å². The van der Waals surface area contributed by atoms with Gasteiger partial charge in [0.2, 0.25) is 5.82 Å². The van der Waals surface area contributed by atoms with Crippen molar-refractivity contribution in [3.63, 3.8) is 0 Å². The molecule has 8 nitrogen and oxygen atoms in total. The molecule has 0 unspecified atom stereocenters. The second-order valence-electron chi connectivity index (χ2n) is 4.21. The van der Waals surface area contributed by atoms with Crippen molar-refractivity contribution in [3.8, 4) is 0 Å². The molecule has 0 atom stereocenters. The van der Waals surface area contributed by atoms with Crippen LogP contribution in [0.5, 0.6) is 0 Å². The monoisotopic (exact) mass is 262 g/mol. The molecular weight excluding hydrogens is 248 g/mol. The van der Waals surface area contributed by atoms with Crippen molar-refractivity contribution in [2.24, 2.45) is 7.05 Å². The van der Waals surface area contributed by atoms with E-state index >= 15 is 0 Å². The molecule has 0 radical (unpaired) electrons. The van der Waals surface area contributed by atoms with E-state index in [1.807, 2.05) is 13.2 Å². The maximum absolute atomic E-state index is 11.0. The molecule has 0 saturated heterocycles. The third-order valence-corrected chi connectivity index (χ3v) is 2.61. The third-order valence-electron chi connectivity index (χ3n) is 2.61. The van der Waals surface area contributed by atoms with E-state index in [1.165, 1.54) is 12.1 Å². The number of nitrogen functional groups attached to an aromatic ring is 1. The molecule has 0 aliphatic carbocycles. The molecule has 0 aliphatic heterocycles. The molecule has 0 aromatic carbocycles. The Morgan fingerprint density at radius 2 is 2.26 bits per heavy atom. The summed E-state index contributed by atoms with van der Waals surface area (Å²) in [5, 5.41) is 15.0. The first-order valence-corrected chi connectivity index (χ1v) is 5.57. The number of aryl methyl sites for hydroxylation is 1. The Kier molecular flexibility index (Phi) is 3.32. The summed E-state index contributed by atoms with van der Waals surface area (Å²) < 4.78 is 1.67. The van der Waals surface area contributed by atoms with E-state index in [0.29, 0.717) is 6.54 Å². The summed E-state index contributed by atoms with van der Waals surface area (Å²) in [5.41, 5.74) is 6.45. The van der Waals surface area contributed by atoms with Gasteiger partial charge in [-0.3, -0.25) is 14.8 Å². The minimum absolute atomic E-state index is 0.0689. The number of hydrogen-bond donors (Lipinski definition) is 1. The van der Waals surface area contributed by atoms with Crippen LogP contribution in [0.25, 0.3) is 0 Å². The first kappa shape index (κ1) is 12.8. The standard InChI is InChI=1S/C11H14N6O2/c1-15(6-8-5-13-16(2)7-8)11-9(17(18)19)3-4-10(12)14-11/h3-5,7H,6H2,1-2H3,(H2,12,14). The molecule has 2 aromatic heterocycles. The quantitative estimate of drug-likeness (QED) is 0.649. The van der Waals surface area contributed by atoms with Crippen LogP contribution in [-0.4, -0.2) is 26.7 Å². The summed E-state index contributed by atoms with van der Waals surface area (Å²) in [6, 6.07) is 2.77. The zero-order chi connectivity index (χ0) is 14.0. The zero-order valence-corrected chi connectivity index (χ0v) is 10.6. The Bertz CT molecular complexity index is 609. The Labute approximate surface area is 109 Å². The fraction of sp³-hybridized carbons (Fsp3) is 0.273. The predicted molar refractivity (Wildman–Crippen MR) is 70.6 cm³/mol. The van der Waals surface area contributed by atoms with Crippen molar-refractivity contribution in [1.29, 1.82) is 0 Å². The van der Waals surface area contributed by atoms with Crippen LogP contribution in [0, 0.1) is 10.1 Å². The van der Waals surface area contributed by atoms with E-state index in [2.05, 4.69) is 10.1 Å². The van der Waals surface area contributed by atoms with Crippen LogP contribution < -0.4 is 10.6 Å². The zero-order valence-electron chi connectivity index (χ0n) is 10.6. The summed E-state index contributed by atoms with van der Waals surface area (Å²) in [7, 11) is 3.53. The van der Waals surface area contributed by atoms with Gasteiger partial charge in [-0.2, -0.15) is 5.10 Å². The van der Waals surface area contributed by atoms with Gasteiger partial charge in [0.1, 0.15) is 5.82 Å². The lowest BCUT2D eigenvalue weighted by Crippen LogP contribution is -2.19. The van der Waals surface area contributed by atoms with E-state index < -0.39 is 4.92 Å². The van der Waals surface area contributed by atoms with E-state index in [9.17, 15) is 10.1 Å². The highest BCUT2D eigenvalue weighted by Gasteiger charge is 2.19. The lowest BCUT2D eigenvalue weighted by molar-refractivity contribution is -0.384. The highest BCUT2D eigenvalue weighted by molar-refractivity contribution is 5.60. The van der Waals surface area contributed by atoms with Gasteiger partial charge in [-0.1, -0.05) is 0 Å². The summed E-state index contributed by atoms with van der Waals surface area (Å²) in [4.78, 5) is 16.2. The van der Waals surface area contributed by atoms with Crippen LogP contribution >= 0.6 is 0 Å². The van der Waals surface area contributed by atoms with Crippen molar-refractivity contribution >= 4 is 17.3 Å². The maximum atomic E-state index is 11.0. The smallest absolute Gasteiger partial charge is 0.311 e. The largest absolute Gasteiger partial charge is 0.384 e. The van der Waals surface area contributed by atoms with Crippen LogP contribution in [0.3, 0.4) is 0 Å². The van der Waals surface area contributed by atoms with Crippen molar-refractivity contribution in [2.45, 2.75) is 6.54 Å². The molecule has 100 valence electrons. The van der Waals surface area contributed by atoms with Crippen molar-refractivity contribution in [2.75, 3.05) is 17.7 Å². The highest BCUT2D eigenvalue weighted by Crippen LogP contribution is 2.26. The Morgan fingerprint density at radius 1 is 1.53 bits per heavy atom. The number of hydrogen-bond acceptors (Lipinski definition) is 6. The third kappa shape index (κ3) is 2.79. The van der Waals surface area contributed by atoms with Crippen LogP contribution in [0.1, 0.15) is 5.56 Å². The molecule has 2 N–H and O–H groups in total. The number of nitro groups is 1. The van der Waals surface area contributed by atoms with Crippen LogP contribution in [-0.2, 0) is 13.6 Å². The van der Waals surface area contributed by atoms with Gasteiger partial charge in [-0.15, -0.1) is 0 Å². The Morgan fingerprint density at radius 3 is 2.84 bits per heavy atom. The first-order valence-electron chi connectivity index (χ1n) is 5.57. The Balaban J connectivity index is 2.29. The normalized spacial score (nSPS) is 10.4. The van der Waals surface area contributed by atoms with E-state index in [0.717, 1.165) is 5.56 Å². The molecule has 0 spiro atoms. The molecule has 19 heavy (non-hydrogen) atoms. The van der Waals surface area contributed by atoms with Gasteiger partial charge < -0.3 is 10.6 Å². The molecular formula is C11H14N6O2. The van der Waals surface area contributed by atoms with Crippen molar-refractivity contribution < 1.29 is 4.92 Å². The molecule has 2 rings (SSSR count). The first-order chi connectivity index (χ1) is 8.97. The van der Waals surface area contributed by atoms with Gasteiger partial charge in [-0.25, -0.2) is 4.98 Å².